The highest BCUT2D eigenvalue weighted by Gasteiger charge is 2.02. The van der Waals surface area contributed by atoms with Gasteiger partial charge in [0.2, 0.25) is 0 Å². The van der Waals surface area contributed by atoms with E-state index in [9.17, 15) is 5.11 Å². The van der Waals surface area contributed by atoms with Crippen LogP contribution in [0, 0.1) is 0 Å². The summed E-state index contributed by atoms with van der Waals surface area (Å²) in [5, 5.41) is 9.54. The number of aliphatic hydroxyl groups is 1. The normalized spacial score (nSPS) is 12.7. The summed E-state index contributed by atoms with van der Waals surface area (Å²) in [6.07, 6.45) is 6.49. The maximum Gasteiger partial charge on any atom is 0.0540 e. The van der Waals surface area contributed by atoms with Gasteiger partial charge in [0.15, 0.2) is 0 Å². The molecule has 1 aromatic heterocycles. The summed E-state index contributed by atoms with van der Waals surface area (Å²) < 4.78 is 1.01. The van der Waals surface area contributed by atoms with Crippen LogP contribution in [0.4, 0.5) is 0 Å². The molecule has 15 heavy (non-hydrogen) atoms. The molecular formula is C12H18BrNO. The highest BCUT2D eigenvalue weighted by molar-refractivity contribution is 9.10. The summed E-state index contributed by atoms with van der Waals surface area (Å²) in [5.41, 5.74) is 1.10. The number of hydrogen-bond acceptors (Lipinski definition) is 2. The summed E-state index contributed by atoms with van der Waals surface area (Å²) in [6, 6.07) is 4.03. The van der Waals surface area contributed by atoms with Gasteiger partial charge in [-0.1, -0.05) is 13.3 Å². The number of pyridine rings is 1. The van der Waals surface area contributed by atoms with Crippen molar-refractivity contribution in [2.75, 3.05) is 0 Å². The van der Waals surface area contributed by atoms with Crippen molar-refractivity contribution in [1.29, 1.82) is 0 Å². The SMILES string of the molecule is CCCC(O)CCCc1ccc(Br)cn1. The Bertz CT molecular complexity index is 273. The Labute approximate surface area is 99.9 Å². The number of aryl methyl sites for hydroxylation is 1. The molecule has 0 amide bonds. The Hall–Kier alpha value is -0.410. The third-order valence-electron chi connectivity index (χ3n) is 2.38. The molecule has 1 atom stereocenters. The molecule has 1 unspecified atom stereocenters. The van der Waals surface area contributed by atoms with Crippen LogP contribution in [0.5, 0.6) is 0 Å². The number of aliphatic hydroxyl groups excluding tert-OH is 1. The van der Waals surface area contributed by atoms with Crippen LogP contribution in [0.25, 0.3) is 0 Å². The van der Waals surface area contributed by atoms with E-state index in [1.165, 1.54) is 0 Å². The predicted molar refractivity (Wildman–Crippen MR) is 65.8 cm³/mol. The first kappa shape index (κ1) is 12.7. The minimum absolute atomic E-state index is 0.134. The van der Waals surface area contributed by atoms with E-state index in [4.69, 9.17) is 0 Å². The quantitative estimate of drug-likeness (QED) is 0.861. The van der Waals surface area contributed by atoms with Crippen LogP contribution in [-0.2, 0) is 6.42 Å². The maximum atomic E-state index is 9.54. The predicted octanol–water partition coefficient (Wildman–Crippen LogP) is 3.33. The molecule has 1 N–H and O–H groups in total. The largest absolute Gasteiger partial charge is 0.393 e. The van der Waals surface area contributed by atoms with Gasteiger partial charge in [-0.25, -0.2) is 0 Å². The zero-order valence-electron chi connectivity index (χ0n) is 9.12. The Morgan fingerprint density at radius 2 is 2.20 bits per heavy atom. The van der Waals surface area contributed by atoms with Gasteiger partial charge in [0.1, 0.15) is 0 Å². The molecule has 0 aliphatic rings. The molecule has 0 saturated heterocycles. The molecule has 0 aliphatic carbocycles. The van der Waals surface area contributed by atoms with Crippen LogP contribution < -0.4 is 0 Å². The number of halogens is 1. The number of nitrogens with zero attached hydrogens (tertiary/aromatic N) is 1. The van der Waals surface area contributed by atoms with Crippen LogP contribution in [0.3, 0.4) is 0 Å². The van der Waals surface area contributed by atoms with Gasteiger partial charge in [-0.3, -0.25) is 4.98 Å². The molecule has 84 valence electrons. The van der Waals surface area contributed by atoms with E-state index in [2.05, 4.69) is 27.8 Å². The van der Waals surface area contributed by atoms with Crippen molar-refractivity contribution >= 4 is 15.9 Å². The standard InChI is InChI=1S/C12H18BrNO/c1-2-4-12(15)6-3-5-11-8-7-10(13)9-14-11/h7-9,12,15H,2-6H2,1H3. The van der Waals surface area contributed by atoms with Gasteiger partial charge in [-0.05, 0) is 53.7 Å². The molecule has 2 nitrogen and oxygen atoms in total. The first-order valence-corrected chi connectivity index (χ1v) is 6.30. The average molecular weight is 272 g/mol. The van der Waals surface area contributed by atoms with Gasteiger partial charge in [0.25, 0.3) is 0 Å². The highest BCUT2D eigenvalue weighted by atomic mass is 79.9. The van der Waals surface area contributed by atoms with Gasteiger partial charge in [0.05, 0.1) is 6.10 Å². The molecule has 0 bridgehead atoms. The Balaban J connectivity index is 2.22. The minimum Gasteiger partial charge on any atom is -0.393 e. The molecular weight excluding hydrogens is 254 g/mol. The summed E-state index contributed by atoms with van der Waals surface area (Å²) in [4.78, 5) is 4.29. The molecule has 0 aliphatic heterocycles. The number of aromatic nitrogens is 1. The lowest BCUT2D eigenvalue weighted by molar-refractivity contribution is 0.151. The van der Waals surface area contributed by atoms with E-state index in [0.29, 0.717) is 0 Å². The van der Waals surface area contributed by atoms with E-state index >= 15 is 0 Å². The molecule has 0 radical (unpaired) electrons. The number of hydrogen-bond donors (Lipinski definition) is 1. The van der Waals surface area contributed by atoms with Gasteiger partial charge in [-0.15, -0.1) is 0 Å². The fraction of sp³-hybridized carbons (Fsp3) is 0.583. The first-order chi connectivity index (χ1) is 7.22. The lowest BCUT2D eigenvalue weighted by Crippen LogP contribution is -2.06. The summed E-state index contributed by atoms with van der Waals surface area (Å²) >= 11 is 3.35. The second kappa shape index (κ2) is 6.96. The van der Waals surface area contributed by atoms with E-state index in [-0.39, 0.29) is 6.10 Å². The fourth-order valence-electron chi connectivity index (χ4n) is 1.55. The third kappa shape index (κ3) is 5.28. The molecule has 1 aromatic rings. The van der Waals surface area contributed by atoms with Gasteiger partial charge < -0.3 is 5.11 Å². The second-order valence-corrected chi connectivity index (χ2v) is 4.72. The van der Waals surface area contributed by atoms with Crippen molar-refractivity contribution in [1.82, 2.24) is 4.98 Å². The summed E-state index contributed by atoms with van der Waals surface area (Å²) in [7, 11) is 0. The maximum absolute atomic E-state index is 9.54. The van der Waals surface area contributed by atoms with Crippen molar-refractivity contribution < 1.29 is 5.11 Å². The molecule has 1 rings (SSSR count). The lowest BCUT2D eigenvalue weighted by atomic mass is 10.1. The molecule has 3 heteroatoms. The Kier molecular flexibility index (Phi) is 5.88. The Morgan fingerprint density at radius 3 is 2.80 bits per heavy atom. The summed E-state index contributed by atoms with van der Waals surface area (Å²) in [6.45, 7) is 2.10. The van der Waals surface area contributed by atoms with Crippen molar-refractivity contribution in [3.05, 3.63) is 28.5 Å². The topological polar surface area (TPSA) is 33.1 Å². The zero-order valence-corrected chi connectivity index (χ0v) is 10.7. The zero-order chi connectivity index (χ0) is 11.1. The third-order valence-corrected chi connectivity index (χ3v) is 2.85. The molecule has 0 saturated carbocycles. The second-order valence-electron chi connectivity index (χ2n) is 3.80. The van der Waals surface area contributed by atoms with Gasteiger partial charge in [0, 0.05) is 16.4 Å². The van der Waals surface area contributed by atoms with Crippen molar-refractivity contribution in [3.8, 4) is 0 Å². The van der Waals surface area contributed by atoms with Crippen LogP contribution in [0.1, 0.15) is 38.3 Å². The monoisotopic (exact) mass is 271 g/mol. The number of rotatable bonds is 6. The highest BCUT2D eigenvalue weighted by Crippen LogP contribution is 2.11. The van der Waals surface area contributed by atoms with Crippen molar-refractivity contribution in [2.24, 2.45) is 0 Å². The van der Waals surface area contributed by atoms with Crippen molar-refractivity contribution in [3.63, 3.8) is 0 Å². The van der Waals surface area contributed by atoms with Crippen LogP contribution in [0.15, 0.2) is 22.8 Å². The van der Waals surface area contributed by atoms with Gasteiger partial charge in [-0.2, -0.15) is 0 Å². The summed E-state index contributed by atoms with van der Waals surface area (Å²) in [5.74, 6) is 0. The Morgan fingerprint density at radius 1 is 1.40 bits per heavy atom. The fourth-order valence-corrected chi connectivity index (χ4v) is 1.79. The smallest absolute Gasteiger partial charge is 0.0540 e. The molecule has 0 spiro atoms. The van der Waals surface area contributed by atoms with Crippen molar-refractivity contribution in [2.45, 2.75) is 45.1 Å². The van der Waals surface area contributed by atoms with Crippen LogP contribution in [-0.4, -0.2) is 16.2 Å². The van der Waals surface area contributed by atoms with E-state index in [1.807, 2.05) is 18.3 Å². The van der Waals surface area contributed by atoms with Crippen LogP contribution in [0.2, 0.25) is 0 Å². The van der Waals surface area contributed by atoms with Crippen LogP contribution >= 0.6 is 15.9 Å². The first-order valence-electron chi connectivity index (χ1n) is 5.51. The lowest BCUT2D eigenvalue weighted by Gasteiger charge is -2.08. The van der Waals surface area contributed by atoms with Gasteiger partial charge >= 0.3 is 0 Å². The molecule has 0 aromatic carbocycles. The minimum atomic E-state index is -0.134. The molecule has 1 heterocycles. The average Bonchev–Trinajstić information content (AvgIpc) is 2.21. The van der Waals surface area contributed by atoms with E-state index in [0.717, 1.165) is 42.3 Å². The molecule has 0 fully saturated rings. The van der Waals surface area contributed by atoms with E-state index < -0.39 is 0 Å². The van der Waals surface area contributed by atoms with E-state index in [1.54, 1.807) is 0 Å².